The lowest BCUT2D eigenvalue weighted by Crippen LogP contribution is -2.24. The molecule has 2 heterocycles. The minimum atomic E-state index is 0.243. The van der Waals surface area contributed by atoms with Gasteiger partial charge in [-0.05, 0) is 50.1 Å². The van der Waals surface area contributed by atoms with E-state index in [1.165, 1.54) is 15.3 Å². The molecular weight excluding hydrogens is 292 g/mol. The van der Waals surface area contributed by atoms with Crippen molar-refractivity contribution in [3.05, 3.63) is 51.7 Å². The van der Waals surface area contributed by atoms with Gasteiger partial charge in [-0.3, -0.25) is 4.79 Å². The van der Waals surface area contributed by atoms with Crippen LogP contribution in [0.2, 0.25) is 0 Å². The van der Waals surface area contributed by atoms with Gasteiger partial charge in [-0.2, -0.15) is 0 Å². The van der Waals surface area contributed by atoms with Crippen LogP contribution in [0.15, 0.2) is 36.4 Å². The van der Waals surface area contributed by atoms with Gasteiger partial charge in [0.1, 0.15) is 0 Å². The number of rotatable bonds is 5. The molecule has 1 aromatic carbocycles. The number of carbonyl (C=O) groups excluding carboxylic acids is 1. The summed E-state index contributed by atoms with van der Waals surface area (Å²) in [6.45, 7) is 5.99. The van der Waals surface area contributed by atoms with Gasteiger partial charge in [-0.25, -0.2) is 0 Å². The third-order valence-corrected chi connectivity index (χ3v) is 5.28. The van der Waals surface area contributed by atoms with Crippen LogP contribution >= 0.6 is 11.3 Å². The van der Waals surface area contributed by atoms with Crippen molar-refractivity contribution in [2.75, 3.05) is 11.4 Å². The van der Waals surface area contributed by atoms with E-state index in [4.69, 9.17) is 0 Å². The summed E-state index contributed by atoms with van der Waals surface area (Å²) in [5.41, 5.74) is 2.25. The van der Waals surface area contributed by atoms with Gasteiger partial charge >= 0.3 is 0 Å². The van der Waals surface area contributed by atoms with Crippen molar-refractivity contribution in [1.82, 2.24) is 5.32 Å². The van der Waals surface area contributed by atoms with Crippen molar-refractivity contribution in [3.8, 4) is 0 Å². The summed E-state index contributed by atoms with van der Waals surface area (Å²) >= 11 is 1.84. The molecule has 1 atom stereocenters. The number of nitrogens with zero attached hydrogens (tertiary/aromatic N) is 1. The molecular formula is C18H22N2OS. The van der Waals surface area contributed by atoms with Crippen molar-refractivity contribution < 1.29 is 4.79 Å². The molecule has 0 aliphatic carbocycles. The molecule has 1 aromatic heterocycles. The third-order valence-electron chi connectivity index (χ3n) is 4.10. The monoisotopic (exact) mass is 314 g/mol. The van der Waals surface area contributed by atoms with Gasteiger partial charge in [0.2, 0.25) is 5.91 Å². The molecule has 3 rings (SSSR count). The first-order chi connectivity index (χ1) is 10.6. The number of thiophene rings is 1. The minimum Gasteiger partial charge on any atom is -0.312 e. The second-order valence-electron chi connectivity index (χ2n) is 5.87. The van der Waals surface area contributed by atoms with Crippen LogP contribution in [0.25, 0.3) is 0 Å². The lowest BCUT2D eigenvalue weighted by molar-refractivity contribution is -0.117. The molecule has 2 aromatic rings. The van der Waals surface area contributed by atoms with Gasteiger partial charge < -0.3 is 10.2 Å². The highest BCUT2D eigenvalue weighted by Crippen LogP contribution is 2.24. The first-order valence-electron chi connectivity index (χ1n) is 7.82. The normalized spacial score (nSPS) is 16.3. The van der Waals surface area contributed by atoms with Crippen LogP contribution in [-0.4, -0.2) is 12.5 Å². The number of hydrogen-bond acceptors (Lipinski definition) is 3. The zero-order chi connectivity index (χ0) is 15.5. The van der Waals surface area contributed by atoms with E-state index in [-0.39, 0.29) is 5.91 Å². The SMILES string of the molecule is Cc1ccc(C(C)NCc2cccc(N3CCCC3=O)c2)s1. The molecule has 0 saturated carbocycles. The standard InChI is InChI=1S/C18H22N2OS/c1-13-8-9-17(22-13)14(2)19-12-15-5-3-6-16(11-15)20-10-4-7-18(20)21/h3,5-6,8-9,11,14,19H,4,7,10,12H2,1-2H3. The summed E-state index contributed by atoms with van der Waals surface area (Å²) in [7, 11) is 0. The Kier molecular flexibility index (Phi) is 4.60. The quantitative estimate of drug-likeness (QED) is 0.903. The van der Waals surface area contributed by atoms with Crippen LogP contribution in [-0.2, 0) is 11.3 Å². The highest BCUT2D eigenvalue weighted by Gasteiger charge is 2.21. The molecule has 3 nitrogen and oxygen atoms in total. The van der Waals surface area contributed by atoms with Crippen molar-refractivity contribution in [1.29, 1.82) is 0 Å². The van der Waals surface area contributed by atoms with Gasteiger partial charge in [0.25, 0.3) is 0 Å². The molecule has 1 amide bonds. The predicted octanol–water partition coefficient (Wildman–Crippen LogP) is 4.03. The molecule has 0 radical (unpaired) electrons. The Bertz CT molecular complexity index is 665. The lowest BCUT2D eigenvalue weighted by Gasteiger charge is -2.17. The van der Waals surface area contributed by atoms with E-state index in [1.54, 1.807) is 0 Å². The maximum Gasteiger partial charge on any atom is 0.227 e. The molecule has 1 aliphatic heterocycles. The number of aryl methyl sites for hydroxylation is 1. The van der Waals surface area contributed by atoms with Crippen molar-refractivity contribution in [3.63, 3.8) is 0 Å². The molecule has 1 aliphatic rings. The second-order valence-corrected chi connectivity index (χ2v) is 7.19. The van der Waals surface area contributed by atoms with E-state index in [2.05, 4.69) is 43.4 Å². The van der Waals surface area contributed by atoms with E-state index >= 15 is 0 Å². The largest absolute Gasteiger partial charge is 0.312 e. The van der Waals surface area contributed by atoms with Gasteiger partial charge in [0.15, 0.2) is 0 Å². The average Bonchev–Trinajstić information content (AvgIpc) is 3.13. The highest BCUT2D eigenvalue weighted by atomic mass is 32.1. The van der Waals surface area contributed by atoms with Crippen molar-refractivity contribution >= 4 is 22.9 Å². The Hall–Kier alpha value is -1.65. The zero-order valence-corrected chi connectivity index (χ0v) is 14.0. The van der Waals surface area contributed by atoms with E-state index < -0.39 is 0 Å². The first-order valence-corrected chi connectivity index (χ1v) is 8.64. The summed E-state index contributed by atoms with van der Waals surface area (Å²) < 4.78 is 0. The van der Waals surface area contributed by atoms with Gasteiger partial charge in [-0.15, -0.1) is 11.3 Å². The predicted molar refractivity (Wildman–Crippen MR) is 92.3 cm³/mol. The third kappa shape index (κ3) is 3.39. The molecule has 1 saturated heterocycles. The first kappa shape index (κ1) is 15.3. The van der Waals surface area contributed by atoms with Crippen LogP contribution < -0.4 is 10.2 Å². The van der Waals surface area contributed by atoms with E-state index in [9.17, 15) is 4.79 Å². The Morgan fingerprint density at radius 1 is 1.32 bits per heavy atom. The summed E-state index contributed by atoms with van der Waals surface area (Å²) in [4.78, 5) is 16.5. The molecule has 0 spiro atoms. The zero-order valence-electron chi connectivity index (χ0n) is 13.1. The molecule has 4 heteroatoms. The second kappa shape index (κ2) is 6.63. The summed E-state index contributed by atoms with van der Waals surface area (Å²) in [6, 6.07) is 13.0. The molecule has 22 heavy (non-hydrogen) atoms. The van der Waals surface area contributed by atoms with Crippen molar-refractivity contribution in [2.45, 2.75) is 39.3 Å². The number of carbonyl (C=O) groups is 1. The molecule has 1 N–H and O–H groups in total. The summed E-state index contributed by atoms with van der Waals surface area (Å²) in [5.74, 6) is 0.243. The Balaban J connectivity index is 1.64. The van der Waals surface area contributed by atoms with E-state index in [0.29, 0.717) is 12.5 Å². The van der Waals surface area contributed by atoms with E-state index in [0.717, 1.165) is 25.2 Å². The number of anilines is 1. The smallest absolute Gasteiger partial charge is 0.227 e. The van der Waals surface area contributed by atoms with Crippen LogP contribution in [0.5, 0.6) is 0 Å². The maximum absolute atomic E-state index is 11.9. The number of nitrogens with one attached hydrogen (secondary N) is 1. The summed E-state index contributed by atoms with van der Waals surface area (Å²) in [6.07, 6.45) is 1.65. The van der Waals surface area contributed by atoms with Gasteiger partial charge in [0.05, 0.1) is 0 Å². The molecule has 116 valence electrons. The summed E-state index contributed by atoms with van der Waals surface area (Å²) in [5, 5.41) is 3.56. The molecule has 1 fully saturated rings. The fourth-order valence-electron chi connectivity index (χ4n) is 2.81. The van der Waals surface area contributed by atoms with Crippen LogP contribution in [0.1, 0.15) is 41.1 Å². The topological polar surface area (TPSA) is 32.3 Å². The lowest BCUT2D eigenvalue weighted by atomic mass is 10.1. The Morgan fingerprint density at radius 2 is 2.18 bits per heavy atom. The van der Waals surface area contributed by atoms with Gasteiger partial charge in [0, 0.05) is 41.0 Å². The molecule has 1 unspecified atom stereocenters. The highest BCUT2D eigenvalue weighted by molar-refractivity contribution is 7.12. The van der Waals surface area contributed by atoms with Crippen LogP contribution in [0.4, 0.5) is 5.69 Å². The Morgan fingerprint density at radius 3 is 2.86 bits per heavy atom. The number of amides is 1. The fourth-order valence-corrected chi connectivity index (χ4v) is 3.72. The van der Waals surface area contributed by atoms with Crippen molar-refractivity contribution in [2.24, 2.45) is 0 Å². The Labute approximate surface area is 136 Å². The number of hydrogen-bond donors (Lipinski definition) is 1. The maximum atomic E-state index is 11.9. The van der Waals surface area contributed by atoms with Gasteiger partial charge in [-0.1, -0.05) is 12.1 Å². The van der Waals surface area contributed by atoms with Crippen LogP contribution in [0, 0.1) is 6.92 Å². The van der Waals surface area contributed by atoms with E-state index in [1.807, 2.05) is 28.4 Å². The molecule has 0 bridgehead atoms. The van der Waals surface area contributed by atoms with Crippen LogP contribution in [0.3, 0.4) is 0 Å². The minimum absolute atomic E-state index is 0.243. The number of benzene rings is 1. The average molecular weight is 314 g/mol. The fraction of sp³-hybridized carbons (Fsp3) is 0.389.